The zero-order chi connectivity index (χ0) is 27.9. The summed E-state index contributed by atoms with van der Waals surface area (Å²) < 4.78 is 3.02. The normalized spacial score (nSPS) is 11.1. The number of benzene rings is 2. The van der Waals surface area contributed by atoms with Gasteiger partial charge in [0.25, 0.3) is 5.56 Å². The number of hydrogen-bond acceptors (Lipinski definition) is 5. The largest absolute Gasteiger partial charge is 0.352 e. The Morgan fingerprint density at radius 2 is 1.59 bits per heavy atom. The van der Waals surface area contributed by atoms with Gasteiger partial charge in [0.2, 0.25) is 11.8 Å². The van der Waals surface area contributed by atoms with Crippen molar-refractivity contribution in [3.8, 4) is 0 Å². The Bertz CT molecular complexity index is 1600. The Morgan fingerprint density at radius 1 is 0.846 bits per heavy atom. The van der Waals surface area contributed by atoms with Gasteiger partial charge < -0.3 is 10.6 Å². The van der Waals surface area contributed by atoms with Gasteiger partial charge in [-0.05, 0) is 62.3 Å². The van der Waals surface area contributed by atoms with Crippen LogP contribution in [0.5, 0.6) is 0 Å². The van der Waals surface area contributed by atoms with Crippen LogP contribution in [0, 0.1) is 20.8 Å². The van der Waals surface area contributed by atoms with Crippen LogP contribution in [0.4, 0.5) is 5.69 Å². The monoisotopic (exact) mass is 546 g/mol. The Labute approximate surface area is 231 Å². The van der Waals surface area contributed by atoms with Crippen LogP contribution in [0.2, 0.25) is 0 Å². The molecule has 0 unspecified atom stereocenters. The number of unbranched alkanes of at least 4 members (excludes halogenated alkanes) is 2. The first-order valence-corrected chi connectivity index (χ1v) is 14.0. The van der Waals surface area contributed by atoms with E-state index < -0.39 is 5.69 Å². The van der Waals surface area contributed by atoms with Crippen LogP contribution in [-0.4, -0.2) is 20.9 Å². The van der Waals surface area contributed by atoms with Gasteiger partial charge in [-0.15, -0.1) is 11.3 Å². The van der Waals surface area contributed by atoms with Crippen LogP contribution in [0.1, 0.15) is 47.9 Å². The van der Waals surface area contributed by atoms with Crippen molar-refractivity contribution >= 4 is 39.1 Å². The second-order valence-electron chi connectivity index (χ2n) is 9.90. The molecule has 2 amide bonds. The number of hydrogen-bond donors (Lipinski definition) is 2. The fourth-order valence-corrected chi connectivity index (χ4v) is 5.34. The summed E-state index contributed by atoms with van der Waals surface area (Å²) in [7, 11) is 0. The minimum Gasteiger partial charge on any atom is -0.352 e. The minimum absolute atomic E-state index is 0.0232. The lowest BCUT2D eigenvalue weighted by Gasteiger charge is -2.13. The summed E-state index contributed by atoms with van der Waals surface area (Å²) in [6, 6.07) is 15.5. The highest BCUT2D eigenvalue weighted by atomic mass is 32.1. The van der Waals surface area contributed by atoms with Crippen molar-refractivity contribution in [2.45, 2.75) is 66.1 Å². The number of nitrogens with one attached hydrogen (secondary N) is 2. The minimum atomic E-state index is -0.502. The van der Waals surface area contributed by atoms with E-state index in [0.29, 0.717) is 48.1 Å². The number of thiophene rings is 1. The van der Waals surface area contributed by atoms with Crippen molar-refractivity contribution in [1.82, 2.24) is 14.5 Å². The van der Waals surface area contributed by atoms with E-state index in [9.17, 15) is 19.2 Å². The SMILES string of the molecule is Cc1ccc(CNC(=O)CCCCCn2c(=O)c3sccc3n(CC(=O)Nc3ccc(C)cc3C)c2=O)cc1. The lowest BCUT2D eigenvalue weighted by Crippen LogP contribution is -2.41. The maximum Gasteiger partial charge on any atom is 0.332 e. The van der Waals surface area contributed by atoms with Gasteiger partial charge in [-0.25, -0.2) is 4.79 Å². The molecule has 4 rings (SSSR count). The predicted molar refractivity (Wildman–Crippen MR) is 156 cm³/mol. The van der Waals surface area contributed by atoms with Gasteiger partial charge in [0.15, 0.2) is 0 Å². The maximum atomic E-state index is 13.3. The summed E-state index contributed by atoms with van der Waals surface area (Å²) in [6.07, 6.45) is 2.31. The van der Waals surface area contributed by atoms with Gasteiger partial charge in [0.05, 0.1) is 5.52 Å². The second-order valence-corrected chi connectivity index (χ2v) is 10.8. The van der Waals surface area contributed by atoms with E-state index in [1.54, 1.807) is 11.4 Å². The molecule has 0 fully saturated rings. The van der Waals surface area contributed by atoms with Crippen LogP contribution in [0.3, 0.4) is 0 Å². The topological polar surface area (TPSA) is 102 Å². The number of aryl methyl sites for hydroxylation is 3. The highest BCUT2D eigenvalue weighted by Gasteiger charge is 2.17. The van der Waals surface area contributed by atoms with Gasteiger partial charge >= 0.3 is 5.69 Å². The molecule has 2 heterocycles. The molecule has 2 aromatic heterocycles. The second kappa shape index (κ2) is 12.7. The smallest absolute Gasteiger partial charge is 0.332 e. The highest BCUT2D eigenvalue weighted by molar-refractivity contribution is 7.17. The number of amides is 2. The lowest BCUT2D eigenvalue weighted by molar-refractivity contribution is -0.121. The van der Waals surface area contributed by atoms with E-state index in [0.717, 1.165) is 16.7 Å². The molecule has 0 saturated carbocycles. The number of nitrogens with zero attached hydrogens (tertiary/aromatic N) is 2. The van der Waals surface area contributed by atoms with Crippen molar-refractivity contribution in [1.29, 1.82) is 0 Å². The predicted octanol–water partition coefficient (Wildman–Crippen LogP) is 4.67. The fourth-order valence-electron chi connectivity index (χ4n) is 4.50. The number of anilines is 1. The fraction of sp³-hybridized carbons (Fsp3) is 0.333. The van der Waals surface area contributed by atoms with Crippen LogP contribution in [-0.2, 0) is 29.2 Å². The Kier molecular flexibility index (Phi) is 9.14. The van der Waals surface area contributed by atoms with E-state index in [1.807, 2.05) is 63.2 Å². The molecule has 2 N–H and O–H groups in total. The molecule has 9 heteroatoms. The first kappa shape index (κ1) is 28.0. The van der Waals surface area contributed by atoms with E-state index in [4.69, 9.17) is 0 Å². The zero-order valence-corrected chi connectivity index (χ0v) is 23.4. The van der Waals surface area contributed by atoms with E-state index in [2.05, 4.69) is 10.6 Å². The van der Waals surface area contributed by atoms with Crippen molar-refractivity contribution in [3.05, 3.63) is 97.0 Å². The van der Waals surface area contributed by atoms with Gasteiger partial charge in [-0.1, -0.05) is 53.9 Å². The maximum absolute atomic E-state index is 13.3. The summed E-state index contributed by atoms with van der Waals surface area (Å²) in [4.78, 5) is 51.4. The molecule has 0 radical (unpaired) electrons. The van der Waals surface area contributed by atoms with Crippen LogP contribution in [0.25, 0.3) is 10.2 Å². The van der Waals surface area contributed by atoms with Gasteiger partial charge in [0.1, 0.15) is 11.2 Å². The van der Waals surface area contributed by atoms with Gasteiger partial charge in [-0.2, -0.15) is 0 Å². The summed E-state index contributed by atoms with van der Waals surface area (Å²) in [5, 5.41) is 7.56. The molecule has 0 aliphatic heterocycles. The van der Waals surface area contributed by atoms with Crippen molar-refractivity contribution in [2.24, 2.45) is 0 Å². The Hall–Kier alpha value is -3.98. The van der Waals surface area contributed by atoms with Crippen LogP contribution >= 0.6 is 11.3 Å². The third-order valence-corrected chi connectivity index (χ3v) is 7.58. The number of fused-ring (bicyclic) bond motifs is 1. The summed E-state index contributed by atoms with van der Waals surface area (Å²) in [6.45, 7) is 6.45. The average molecular weight is 547 g/mol. The third-order valence-electron chi connectivity index (χ3n) is 6.69. The molecule has 2 aromatic carbocycles. The molecular weight excluding hydrogens is 512 g/mol. The highest BCUT2D eigenvalue weighted by Crippen LogP contribution is 2.18. The Balaban J connectivity index is 1.35. The van der Waals surface area contributed by atoms with Crippen molar-refractivity contribution < 1.29 is 9.59 Å². The number of carbonyl (C=O) groups excluding carboxylic acids is 2. The number of carbonyl (C=O) groups is 2. The molecule has 0 bridgehead atoms. The van der Waals surface area contributed by atoms with Crippen LogP contribution in [0.15, 0.2) is 63.5 Å². The molecule has 0 atom stereocenters. The molecule has 0 saturated heterocycles. The van der Waals surface area contributed by atoms with Gasteiger partial charge in [0, 0.05) is 25.2 Å². The van der Waals surface area contributed by atoms with Crippen LogP contribution < -0.4 is 21.9 Å². The van der Waals surface area contributed by atoms with E-state index in [1.165, 1.54) is 26.0 Å². The molecule has 4 aromatic rings. The zero-order valence-electron chi connectivity index (χ0n) is 22.6. The first-order chi connectivity index (χ1) is 18.7. The third kappa shape index (κ3) is 7.11. The van der Waals surface area contributed by atoms with E-state index in [-0.39, 0.29) is 30.5 Å². The lowest BCUT2D eigenvalue weighted by atomic mass is 10.1. The van der Waals surface area contributed by atoms with Gasteiger partial charge in [-0.3, -0.25) is 23.5 Å². The Morgan fingerprint density at radius 3 is 2.33 bits per heavy atom. The summed E-state index contributed by atoms with van der Waals surface area (Å²) >= 11 is 1.26. The number of aromatic nitrogens is 2. The number of rotatable bonds is 11. The van der Waals surface area contributed by atoms with E-state index >= 15 is 0 Å². The quantitative estimate of drug-likeness (QED) is 0.267. The molecule has 0 aliphatic carbocycles. The molecule has 0 aliphatic rings. The summed E-state index contributed by atoms with van der Waals surface area (Å²) in [5.41, 5.74) is 4.57. The average Bonchev–Trinajstić information content (AvgIpc) is 3.40. The first-order valence-electron chi connectivity index (χ1n) is 13.1. The van der Waals surface area contributed by atoms with Crippen molar-refractivity contribution in [3.63, 3.8) is 0 Å². The summed E-state index contributed by atoms with van der Waals surface area (Å²) in [5.74, 6) is -0.358. The molecule has 39 heavy (non-hydrogen) atoms. The molecular formula is C30H34N4O4S. The molecule has 204 valence electrons. The van der Waals surface area contributed by atoms with Crippen molar-refractivity contribution in [2.75, 3.05) is 5.32 Å². The standard InChI is InChI=1S/C30H34N4O4S/c1-20-8-11-23(12-9-20)18-31-26(35)7-5-4-6-15-33-29(37)28-25(14-16-39-28)34(30(33)38)19-27(36)32-24-13-10-21(2)17-22(24)3/h8-14,16-17H,4-7,15,18-19H2,1-3H3,(H,31,35)(H,32,36). The molecule has 8 nitrogen and oxygen atoms in total. The molecule has 0 spiro atoms.